The molecule has 0 radical (unpaired) electrons. The van der Waals surface area contributed by atoms with Crippen molar-refractivity contribution < 1.29 is 4.42 Å². The number of aromatic nitrogens is 2. The van der Waals surface area contributed by atoms with Gasteiger partial charge in [0, 0.05) is 47.8 Å². The predicted molar refractivity (Wildman–Crippen MR) is 263 cm³/mol. The number of amidine groups is 2. The highest BCUT2D eigenvalue weighted by Gasteiger charge is 2.19. The van der Waals surface area contributed by atoms with Gasteiger partial charge in [-0.25, -0.2) is 20.0 Å². The maximum absolute atomic E-state index is 6.33. The third-order valence-corrected chi connectivity index (χ3v) is 12.4. The minimum atomic E-state index is 0.447. The Kier molecular flexibility index (Phi) is 9.84. The summed E-state index contributed by atoms with van der Waals surface area (Å²) in [4.78, 5) is 24.9. The number of hydrogen-bond acceptors (Lipinski definition) is 5. The fraction of sp³-hybridized carbons (Fsp3) is 0.0179. The molecule has 0 aliphatic heterocycles. The second-order valence-electron chi connectivity index (χ2n) is 15.3. The molecular weight excluding hydrogens is 791 g/mol. The normalized spacial score (nSPS) is 12.1. The zero-order chi connectivity index (χ0) is 42.1. The second kappa shape index (κ2) is 16.4. The van der Waals surface area contributed by atoms with Gasteiger partial charge in [0.05, 0.1) is 6.54 Å². The Morgan fingerprint density at radius 3 is 1.97 bits per heavy atom. The smallest absolute Gasteiger partial charge is 0.180 e. The van der Waals surface area contributed by atoms with E-state index in [9.17, 15) is 0 Å². The number of para-hydroxylation sites is 1. The van der Waals surface area contributed by atoms with Crippen molar-refractivity contribution in [1.82, 2.24) is 9.97 Å². The standard InChI is InChI=1S/C56H37N5OS/c1-57-54(40-20-9-4-10-21-40)61-56(58-35-36-15-13-22-42(33-36)37-16-5-2-6-17-37)46-24-14-26-48-50(46)45-32-31-43(34-49(45)63-48)38-27-29-41(30-28-38)55-59-51(39-18-7-3-8-19-39)53-52(60-55)44-23-11-12-25-47(44)62-53/h2-34H,1,35H2. The van der Waals surface area contributed by atoms with E-state index in [0.29, 0.717) is 29.6 Å². The van der Waals surface area contributed by atoms with Crippen LogP contribution in [-0.2, 0) is 6.54 Å². The van der Waals surface area contributed by atoms with Crippen LogP contribution in [-0.4, -0.2) is 28.4 Å². The summed E-state index contributed by atoms with van der Waals surface area (Å²) in [6.07, 6.45) is 0. The van der Waals surface area contributed by atoms with Gasteiger partial charge in [-0.05, 0) is 64.9 Å². The molecule has 0 spiro atoms. The summed E-state index contributed by atoms with van der Waals surface area (Å²) in [6.45, 7) is 4.35. The highest BCUT2D eigenvalue weighted by Crippen LogP contribution is 2.40. The summed E-state index contributed by atoms with van der Waals surface area (Å²) < 4.78 is 8.66. The molecule has 0 unspecified atom stereocenters. The lowest BCUT2D eigenvalue weighted by atomic mass is 10.00. The Morgan fingerprint density at radius 2 is 1.17 bits per heavy atom. The first-order valence-corrected chi connectivity index (χ1v) is 21.6. The van der Waals surface area contributed by atoms with E-state index < -0.39 is 0 Å². The van der Waals surface area contributed by atoms with Crippen LogP contribution in [0.1, 0.15) is 16.7 Å². The number of aliphatic imine (C=N–C) groups is 3. The van der Waals surface area contributed by atoms with Gasteiger partial charge in [-0.3, -0.25) is 4.99 Å². The van der Waals surface area contributed by atoms with Gasteiger partial charge in [-0.15, -0.1) is 11.3 Å². The molecule has 63 heavy (non-hydrogen) atoms. The van der Waals surface area contributed by atoms with E-state index in [-0.39, 0.29) is 0 Å². The van der Waals surface area contributed by atoms with Crippen molar-refractivity contribution in [2.24, 2.45) is 15.0 Å². The number of nitrogens with zero attached hydrogens (tertiary/aromatic N) is 5. The van der Waals surface area contributed by atoms with Crippen LogP contribution in [0.15, 0.2) is 220 Å². The van der Waals surface area contributed by atoms with Crippen LogP contribution in [0.25, 0.3) is 87.1 Å². The number of benzene rings is 8. The van der Waals surface area contributed by atoms with Crippen molar-refractivity contribution in [2.45, 2.75) is 6.54 Å². The summed E-state index contributed by atoms with van der Waals surface area (Å²) in [7, 11) is 0. The molecule has 6 nitrogen and oxygen atoms in total. The van der Waals surface area contributed by atoms with Gasteiger partial charge in [0.25, 0.3) is 0 Å². The second-order valence-corrected chi connectivity index (χ2v) is 16.4. The van der Waals surface area contributed by atoms with Gasteiger partial charge >= 0.3 is 0 Å². The number of thiophene rings is 1. The third-order valence-electron chi connectivity index (χ3n) is 11.3. The van der Waals surface area contributed by atoms with E-state index >= 15 is 0 Å². The van der Waals surface area contributed by atoms with Crippen LogP contribution in [0, 0.1) is 0 Å². The summed E-state index contributed by atoms with van der Waals surface area (Å²) >= 11 is 1.77. The van der Waals surface area contributed by atoms with E-state index in [0.717, 1.165) is 82.2 Å². The highest BCUT2D eigenvalue weighted by atomic mass is 32.1. The summed E-state index contributed by atoms with van der Waals surface area (Å²) in [5.74, 6) is 1.78. The van der Waals surface area contributed by atoms with Crippen molar-refractivity contribution >= 4 is 72.0 Å². The molecule has 0 saturated heterocycles. The average molecular weight is 828 g/mol. The Balaban J connectivity index is 0.968. The fourth-order valence-electron chi connectivity index (χ4n) is 8.22. The number of hydrogen-bond donors (Lipinski definition) is 0. The Morgan fingerprint density at radius 1 is 0.524 bits per heavy atom. The van der Waals surface area contributed by atoms with E-state index in [1.54, 1.807) is 11.3 Å². The van der Waals surface area contributed by atoms with Crippen LogP contribution >= 0.6 is 11.3 Å². The molecule has 0 aliphatic rings. The zero-order valence-corrected chi connectivity index (χ0v) is 34.8. The van der Waals surface area contributed by atoms with E-state index in [4.69, 9.17) is 24.4 Å². The largest absolute Gasteiger partial charge is 0.452 e. The molecular formula is C56H37N5OS. The molecule has 0 atom stereocenters. The minimum absolute atomic E-state index is 0.447. The first-order valence-electron chi connectivity index (χ1n) is 20.8. The quantitative estimate of drug-likeness (QED) is 0.113. The topological polar surface area (TPSA) is 76.0 Å². The third kappa shape index (κ3) is 7.30. The lowest BCUT2D eigenvalue weighted by Crippen LogP contribution is -2.06. The molecule has 11 aromatic rings. The van der Waals surface area contributed by atoms with Gasteiger partial charge in [-0.2, -0.15) is 0 Å². The minimum Gasteiger partial charge on any atom is -0.452 e. The molecule has 298 valence electrons. The predicted octanol–water partition coefficient (Wildman–Crippen LogP) is 14.5. The average Bonchev–Trinajstić information content (AvgIpc) is 3.93. The van der Waals surface area contributed by atoms with Gasteiger partial charge in [0.15, 0.2) is 23.1 Å². The van der Waals surface area contributed by atoms with Crippen LogP contribution in [0.4, 0.5) is 0 Å². The molecule has 0 fully saturated rings. The maximum atomic E-state index is 6.33. The first-order chi connectivity index (χ1) is 31.2. The van der Waals surface area contributed by atoms with Crippen molar-refractivity contribution in [3.63, 3.8) is 0 Å². The monoisotopic (exact) mass is 827 g/mol. The van der Waals surface area contributed by atoms with Gasteiger partial charge in [0.1, 0.15) is 16.8 Å². The highest BCUT2D eigenvalue weighted by molar-refractivity contribution is 7.26. The lowest BCUT2D eigenvalue weighted by molar-refractivity contribution is 0.667. The van der Waals surface area contributed by atoms with E-state index in [1.165, 1.54) is 10.3 Å². The Labute approximate surface area is 368 Å². The van der Waals surface area contributed by atoms with Crippen molar-refractivity contribution in [3.05, 3.63) is 217 Å². The van der Waals surface area contributed by atoms with Crippen LogP contribution < -0.4 is 0 Å². The van der Waals surface area contributed by atoms with Gasteiger partial charge < -0.3 is 4.42 Å². The molecule has 8 aromatic carbocycles. The van der Waals surface area contributed by atoms with E-state index in [1.807, 2.05) is 72.8 Å². The van der Waals surface area contributed by atoms with Crippen LogP contribution in [0.3, 0.4) is 0 Å². The van der Waals surface area contributed by atoms with Gasteiger partial charge in [-0.1, -0.05) is 170 Å². The maximum Gasteiger partial charge on any atom is 0.180 e. The van der Waals surface area contributed by atoms with E-state index in [2.05, 4.69) is 139 Å². The lowest BCUT2D eigenvalue weighted by Gasteiger charge is -2.09. The Bertz CT molecular complexity index is 3540. The van der Waals surface area contributed by atoms with Crippen LogP contribution in [0.2, 0.25) is 0 Å². The summed E-state index contributed by atoms with van der Waals surface area (Å²) in [6, 6.07) is 68.7. The summed E-state index contributed by atoms with van der Waals surface area (Å²) in [5.41, 5.74) is 12.4. The van der Waals surface area contributed by atoms with Crippen molar-refractivity contribution in [2.75, 3.05) is 0 Å². The molecule has 11 rings (SSSR count). The fourth-order valence-corrected chi connectivity index (χ4v) is 9.39. The summed E-state index contributed by atoms with van der Waals surface area (Å²) in [5, 5.41) is 3.23. The SMILES string of the molecule is C=NC(=NC(=NCc1cccc(-c2ccccc2)c1)c1cccc2sc3cc(-c4ccc(-c5nc(-c6ccccc6)c6oc7ccccc7c6n5)cc4)ccc3c12)c1ccccc1. The molecule has 7 heteroatoms. The number of furan rings is 1. The number of rotatable bonds is 8. The zero-order valence-electron chi connectivity index (χ0n) is 34.0. The molecule has 3 aromatic heterocycles. The van der Waals surface area contributed by atoms with Crippen LogP contribution in [0.5, 0.6) is 0 Å². The molecule has 0 aliphatic carbocycles. The molecule has 0 saturated carbocycles. The molecule has 0 amide bonds. The van der Waals surface area contributed by atoms with Gasteiger partial charge in [0.2, 0.25) is 0 Å². The Hall–Kier alpha value is -8.13. The molecule has 0 N–H and O–H groups in total. The molecule has 3 heterocycles. The molecule has 0 bridgehead atoms. The van der Waals surface area contributed by atoms with Crippen molar-refractivity contribution in [1.29, 1.82) is 0 Å². The first kappa shape index (κ1) is 37.8. The number of fused-ring (bicyclic) bond motifs is 6. The van der Waals surface area contributed by atoms with Crippen molar-refractivity contribution in [3.8, 4) is 44.9 Å².